The van der Waals surface area contributed by atoms with Gasteiger partial charge in [-0.05, 0) is 19.1 Å². The molecule has 0 unspecified atom stereocenters. The van der Waals surface area contributed by atoms with E-state index in [2.05, 4.69) is 6.58 Å². The van der Waals surface area contributed by atoms with Crippen LogP contribution in [0.4, 0.5) is 0 Å². The van der Waals surface area contributed by atoms with Gasteiger partial charge in [-0.2, -0.15) is 4.31 Å². The number of hydrogen-bond donors (Lipinski definition) is 0. The molecular weight excluding hydrogens is 322 g/mol. The monoisotopic (exact) mass is 345 g/mol. The van der Waals surface area contributed by atoms with Gasteiger partial charge in [-0.3, -0.25) is 0 Å². The Morgan fingerprint density at radius 2 is 1.64 bits per heavy atom. The largest absolute Gasteiger partial charge is 0.516 e. The molecule has 8 heteroatoms. The molecule has 0 spiro atoms. The van der Waals surface area contributed by atoms with Crippen LogP contribution >= 0.6 is 0 Å². The minimum absolute atomic E-state index is 0.0126. The molecule has 0 aliphatic carbocycles. The van der Waals surface area contributed by atoms with Gasteiger partial charge >= 0.3 is 8.80 Å². The maximum Gasteiger partial charge on any atom is 0.516 e. The Hall–Kier alpha value is -1.03. The van der Waals surface area contributed by atoms with Gasteiger partial charge in [0.15, 0.2) is 0 Å². The normalized spacial score (nSPS) is 12.6. The maximum absolute atomic E-state index is 12.8. The summed E-state index contributed by atoms with van der Waals surface area (Å²) in [5.41, 5.74) is 0.989. The van der Waals surface area contributed by atoms with E-state index >= 15 is 0 Å². The summed E-state index contributed by atoms with van der Waals surface area (Å²) >= 11 is 0. The number of sulfonamides is 1. The van der Waals surface area contributed by atoms with Gasteiger partial charge in [0.1, 0.15) is 0 Å². The van der Waals surface area contributed by atoms with E-state index in [1.54, 1.807) is 24.3 Å². The smallest absolute Gasteiger partial charge is 0.376 e. The van der Waals surface area contributed by atoms with Gasteiger partial charge in [0.2, 0.25) is 10.0 Å². The highest BCUT2D eigenvalue weighted by atomic mass is 32.2. The van der Waals surface area contributed by atoms with Crippen molar-refractivity contribution < 1.29 is 21.7 Å². The minimum Gasteiger partial charge on any atom is -0.376 e. The second-order valence-corrected chi connectivity index (χ2v) is 9.54. The molecule has 0 bridgehead atoms. The summed E-state index contributed by atoms with van der Waals surface area (Å²) in [4.78, 5) is 0.214. The lowest BCUT2D eigenvalue weighted by Crippen LogP contribution is -2.54. The van der Waals surface area contributed by atoms with Crippen molar-refractivity contribution >= 4 is 18.8 Å². The second kappa shape index (κ2) is 8.00. The van der Waals surface area contributed by atoms with Gasteiger partial charge in [-0.15, -0.1) is 6.58 Å². The van der Waals surface area contributed by atoms with Crippen molar-refractivity contribution in [2.45, 2.75) is 11.8 Å². The molecular formula is C14H23NO5SSi. The van der Waals surface area contributed by atoms with E-state index in [0.717, 1.165) is 5.56 Å². The maximum atomic E-state index is 12.8. The quantitative estimate of drug-likeness (QED) is 0.502. The fraction of sp³-hybridized carbons (Fsp3) is 0.429. The summed E-state index contributed by atoms with van der Waals surface area (Å²) in [6.07, 6.45) is 1.53. The van der Waals surface area contributed by atoms with Gasteiger partial charge in [0, 0.05) is 27.9 Å². The lowest BCUT2D eigenvalue weighted by Gasteiger charge is -2.30. The van der Waals surface area contributed by atoms with E-state index < -0.39 is 18.8 Å². The summed E-state index contributed by atoms with van der Waals surface area (Å²) in [6, 6.07) is 6.67. The summed E-state index contributed by atoms with van der Waals surface area (Å²) < 4.78 is 42.8. The Bertz CT molecular complexity index is 575. The average Bonchev–Trinajstić information content (AvgIpc) is 2.52. The predicted octanol–water partition coefficient (Wildman–Crippen LogP) is 1.59. The van der Waals surface area contributed by atoms with Gasteiger partial charge < -0.3 is 13.3 Å². The van der Waals surface area contributed by atoms with Crippen LogP contribution in [0.5, 0.6) is 0 Å². The van der Waals surface area contributed by atoms with Crippen LogP contribution in [0, 0.1) is 6.92 Å². The van der Waals surface area contributed by atoms with Crippen molar-refractivity contribution in [3.63, 3.8) is 0 Å². The highest BCUT2D eigenvalue weighted by Gasteiger charge is 2.43. The highest BCUT2D eigenvalue weighted by molar-refractivity contribution is 7.89. The fourth-order valence-corrected chi connectivity index (χ4v) is 5.59. The summed E-state index contributed by atoms with van der Waals surface area (Å²) in [5.74, 6) is 0. The molecule has 0 heterocycles. The van der Waals surface area contributed by atoms with Gasteiger partial charge in [0.25, 0.3) is 0 Å². The van der Waals surface area contributed by atoms with Crippen LogP contribution in [0.3, 0.4) is 0 Å². The van der Waals surface area contributed by atoms with Gasteiger partial charge in [-0.1, -0.05) is 23.8 Å². The molecule has 0 fully saturated rings. The molecule has 0 saturated carbocycles. The molecule has 1 aromatic carbocycles. The molecule has 0 saturated heterocycles. The van der Waals surface area contributed by atoms with E-state index in [1.807, 2.05) is 6.92 Å². The summed E-state index contributed by atoms with van der Waals surface area (Å²) in [6.45, 7) is 5.66. The van der Waals surface area contributed by atoms with E-state index in [9.17, 15) is 8.42 Å². The fourth-order valence-electron chi connectivity index (χ4n) is 1.91. The molecule has 0 N–H and O–H groups in total. The lowest BCUT2D eigenvalue weighted by molar-refractivity contribution is 0.115. The summed E-state index contributed by atoms with van der Waals surface area (Å²) in [7, 11) is -2.41. The molecule has 124 valence electrons. The highest BCUT2D eigenvalue weighted by Crippen LogP contribution is 2.19. The Morgan fingerprint density at radius 3 is 2.05 bits per heavy atom. The number of rotatable bonds is 9. The zero-order valence-corrected chi connectivity index (χ0v) is 15.2. The SMILES string of the molecule is C=CCN(C[Si](OC)(OC)OC)S(=O)(=O)c1ccc(C)cc1. The molecule has 0 amide bonds. The van der Waals surface area contributed by atoms with Crippen molar-refractivity contribution in [2.24, 2.45) is 0 Å². The first kappa shape index (κ1) is 19.0. The van der Waals surface area contributed by atoms with Crippen LogP contribution in [0.2, 0.25) is 0 Å². The van der Waals surface area contributed by atoms with Crippen molar-refractivity contribution in [1.29, 1.82) is 0 Å². The van der Waals surface area contributed by atoms with Crippen LogP contribution < -0.4 is 0 Å². The molecule has 0 aromatic heterocycles. The first-order valence-corrected chi connectivity index (χ1v) is 10.1. The van der Waals surface area contributed by atoms with E-state index in [-0.39, 0.29) is 17.6 Å². The average molecular weight is 345 g/mol. The third-order valence-electron chi connectivity index (χ3n) is 3.29. The molecule has 0 atom stereocenters. The van der Waals surface area contributed by atoms with E-state index in [1.165, 1.54) is 31.7 Å². The molecule has 1 aromatic rings. The van der Waals surface area contributed by atoms with E-state index in [0.29, 0.717) is 0 Å². The first-order chi connectivity index (χ1) is 10.3. The molecule has 0 aliphatic rings. The Labute approximate surface area is 133 Å². The van der Waals surface area contributed by atoms with Crippen molar-refractivity contribution in [3.05, 3.63) is 42.5 Å². The van der Waals surface area contributed by atoms with Crippen molar-refractivity contribution in [2.75, 3.05) is 34.0 Å². The lowest BCUT2D eigenvalue weighted by atomic mass is 10.2. The van der Waals surface area contributed by atoms with Crippen LogP contribution in [-0.2, 0) is 23.3 Å². The topological polar surface area (TPSA) is 65.1 Å². The molecule has 6 nitrogen and oxygen atoms in total. The van der Waals surface area contributed by atoms with Crippen LogP contribution in [0.15, 0.2) is 41.8 Å². The summed E-state index contributed by atoms with van der Waals surface area (Å²) in [5, 5.41) is 0. The standard InChI is InChI=1S/C14H23NO5SSi/c1-6-11-15(12-22(18-3,19-4)20-5)21(16,17)14-9-7-13(2)8-10-14/h6-10H,1,11-12H2,2-5H3. The van der Waals surface area contributed by atoms with Crippen molar-refractivity contribution in [1.82, 2.24) is 4.31 Å². The first-order valence-electron chi connectivity index (χ1n) is 6.68. The number of aryl methyl sites for hydroxylation is 1. The Morgan fingerprint density at radius 1 is 1.14 bits per heavy atom. The van der Waals surface area contributed by atoms with Crippen LogP contribution in [-0.4, -0.2) is 55.6 Å². The molecule has 0 aliphatic heterocycles. The van der Waals surface area contributed by atoms with Crippen LogP contribution in [0.1, 0.15) is 5.56 Å². The van der Waals surface area contributed by atoms with E-state index in [4.69, 9.17) is 13.3 Å². The molecule has 1 rings (SSSR count). The third-order valence-corrected chi connectivity index (χ3v) is 7.98. The molecule has 22 heavy (non-hydrogen) atoms. The number of benzene rings is 1. The predicted molar refractivity (Wildman–Crippen MR) is 86.9 cm³/mol. The zero-order chi connectivity index (χ0) is 16.8. The van der Waals surface area contributed by atoms with Gasteiger partial charge in [-0.25, -0.2) is 8.42 Å². The number of hydrogen-bond acceptors (Lipinski definition) is 5. The second-order valence-electron chi connectivity index (χ2n) is 4.69. The van der Waals surface area contributed by atoms with Crippen LogP contribution in [0.25, 0.3) is 0 Å². The molecule has 0 radical (unpaired) electrons. The van der Waals surface area contributed by atoms with Crippen molar-refractivity contribution in [3.8, 4) is 0 Å². The number of nitrogens with zero attached hydrogens (tertiary/aromatic N) is 1. The zero-order valence-electron chi connectivity index (χ0n) is 13.4. The minimum atomic E-state index is -3.69. The Balaban J connectivity index is 3.18. The third kappa shape index (κ3) is 4.25. The van der Waals surface area contributed by atoms with Gasteiger partial charge in [0.05, 0.1) is 11.1 Å². The Kier molecular flexibility index (Phi) is 6.91.